The fourth-order valence-corrected chi connectivity index (χ4v) is 4.49. The lowest BCUT2D eigenvalue weighted by molar-refractivity contribution is 0.0501. The highest BCUT2D eigenvalue weighted by Crippen LogP contribution is 2.19. The lowest BCUT2D eigenvalue weighted by Crippen LogP contribution is -2.21. The minimum atomic E-state index is -0.727. The third kappa shape index (κ3) is 7.30. The number of carbonyl (C=O) groups is 4. The van der Waals surface area contributed by atoms with Crippen molar-refractivity contribution in [2.75, 3.05) is 23.8 Å². The molecule has 0 bridgehead atoms. The Labute approximate surface area is 263 Å². The van der Waals surface area contributed by atoms with Crippen molar-refractivity contribution >= 4 is 35.1 Å². The van der Waals surface area contributed by atoms with Gasteiger partial charge in [-0.2, -0.15) is 0 Å². The van der Waals surface area contributed by atoms with Crippen LogP contribution in [0.25, 0.3) is 0 Å². The first kappa shape index (κ1) is 31.3. The van der Waals surface area contributed by atoms with Gasteiger partial charge in [0.1, 0.15) is 0 Å². The molecule has 0 unspecified atom stereocenters. The largest absolute Gasteiger partial charge is 0.461 e. The molecule has 0 radical (unpaired) electrons. The van der Waals surface area contributed by atoms with Gasteiger partial charge in [0.15, 0.2) is 22.8 Å². The average molecular weight is 623 g/mol. The van der Waals surface area contributed by atoms with Crippen molar-refractivity contribution in [3.63, 3.8) is 0 Å². The number of aromatic nitrogens is 6. The molecule has 5 rings (SSSR count). The second-order valence-electron chi connectivity index (χ2n) is 9.79. The second-order valence-corrected chi connectivity index (χ2v) is 9.79. The van der Waals surface area contributed by atoms with E-state index in [2.05, 4.69) is 31.3 Å². The Morgan fingerprint density at radius 1 is 0.587 bits per heavy atom. The van der Waals surface area contributed by atoms with Gasteiger partial charge in [-0.05, 0) is 49.2 Å². The van der Waals surface area contributed by atoms with Crippen LogP contribution < -0.4 is 10.6 Å². The number of anilines is 2. The quantitative estimate of drug-likeness (QED) is 0.195. The number of hydrogen-bond donors (Lipinski definition) is 2. The lowest BCUT2D eigenvalue weighted by Gasteiger charge is -2.10. The van der Waals surface area contributed by atoms with Crippen molar-refractivity contribution in [2.45, 2.75) is 26.9 Å². The van der Waals surface area contributed by atoms with Crippen molar-refractivity contribution in [1.29, 1.82) is 0 Å². The zero-order valence-electron chi connectivity index (χ0n) is 25.0. The molecular formula is C32H30N8O6. The number of nitrogens with one attached hydrogen (secondary N) is 2. The SMILES string of the molecule is CCOC(=O)c1c(C(=O)Nc2ccc(NC(=O)c3nnn(Cc4ccccc4)c3C(=O)OCC)cc2)nnn1Cc1ccccc1. The molecule has 0 atom stereocenters. The van der Waals surface area contributed by atoms with Crippen LogP contribution in [0.1, 0.15) is 66.9 Å². The molecule has 2 aromatic heterocycles. The molecule has 0 aliphatic heterocycles. The van der Waals surface area contributed by atoms with E-state index in [4.69, 9.17) is 9.47 Å². The lowest BCUT2D eigenvalue weighted by atomic mass is 10.2. The van der Waals surface area contributed by atoms with Crippen LogP contribution in [0.5, 0.6) is 0 Å². The van der Waals surface area contributed by atoms with Crippen molar-refractivity contribution in [3.05, 3.63) is 119 Å². The van der Waals surface area contributed by atoms with Gasteiger partial charge in [-0.1, -0.05) is 71.1 Å². The number of carbonyl (C=O) groups excluding carboxylic acids is 4. The standard InChI is InChI=1S/C32H30N8O6/c1-3-45-31(43)27-25(35-37-39(27)19-21-11-7-5-8-12-21)29(41)33-23-15-17-24(18-16-23)34-30(42)26-28(32(44)46-4-2)40(38-36-26)20-22-13-9-6-10-14-22/h5-18H,3-4,19-20H2,1-2H3,(H,33,41)(H,34,42). The first-order valence-corrected chi connectivity index (χ1v) is 14.4. The van der Waals surface area contributed by atoms with Gasteiger partial charge in [-0.25, -0.2) is 19.0 Å². The number of rotatable bonds is 12. The first-order chi connectivity index (χ1) is 22.4. The average Bonchev–Trinajstić information content (AvgIpc) is 3.68. The molecule has 0 spiro atoms. The fourth-order valence-electron chi connectivity index (χ4n) is 4.49. The highest BCUT2D eigenvalue weighted by molar-refractivity contribution is 6.10. The molecule has 0 fully saturated rings. The van der Waals surface area contributed by atoms with Crippen LogP contribution in [0.3, 0.4) is 0 Å². The molecule has 234 valence electrons. The molecule has 2 N–H and O–H groups in total. The highest BCUT2D eigenvalue weighted by atomic mass is 16.5. The summed E-state index contributed by atoms with van der Waals surface area (Å²) in [6, 6.07) is 24.8. The predicted octanol–water partition coefficient (Wildman–Crippen LogP) is 3.82. The van der Waals surface area contributed by atoms with E-state index in [1.165, 1.54) is 9.36 Å². The summed E-state index contributed by atoms with van der Waals surface area (Å²) in [7, 11) is 0. The second kappa shape index (κ2) is 14.5. The van der Waals surface area contributed by atoms with Crippen molar-refractivity contribution in [3.8, 4) is 0 Å². The van der Waals surface area contributed by atoms with Crippen molar-refractivity contribution in [2.24, 2.45) is 0 Å². The number of amides is 2. The molecule has 2 amide bonds. The van der Waals surface area contributed by atoms with Crippen LogP contribution in [-0.2, 0) is 22.6 Å². The van der Waals surface area contributed by atoms with Gasteiger partial charge in [-0.3, -0.25) is 9.59 Å². The Morgan fingerprint density at radius 3 is 1.30 bits per heavy atom. The van der Waals surface area contributed by atoms with Crippen LogP contribution >= 0.6 is 0 Å². The molecule has 0 aliphatic carbocycles. The van der Waals surface area contributed by atoms with Gasteiger partial charge >= 0.3 is 11.9 Å². The summed E-state index contributed by atoms with van der Waals surface area (Å²) in [5.41, 5.74) is 1.88. The molecule has 0 saturated heterocycles. The minimum absolute atomic E-state index is 0.0789. The number of nitrogens with zero attached hydrogens (tertiary/aromatic N) is 6. The topological polar surface area (TPSA) is 172 Å². The summed E-state index contributed by atoms with van der Waals surface area (Å²) < 4.78 is 13.0. The van der Waals surface area contributed by atoms with E-state index in [-0.39, 0.29) is 49.1 Å². The van der Waals surface area contributed by atoms with Crippen LogP contribution in [0.2, 0.25) is 0 Å². The monoisotopic (exact) mass is 622 g/mol. The smallest absolute Gasteiger partial charge is 0.359 e. The first-order valence-electron chi connectivity index (χ1n) is 14.4. The van der Waals surface area contributed by atoms with Crippen molar-refractivity contribution in [1.82, 2.24) is 30.0 Å². The van der Waals surface area contributed by atoms with Gasteiger partial charge in [-0.15, -0.1) is 10.2 Å². The maximum absolute atomic E-state index is 13.2. The van der Waals surface area contributed by atoms with Gasteiger partial charge in [0.2, 0.25) is 0 Å². The van der Waals surface area contributed by atoms with E-state index in [1.807, 2.05) is 60.7 Å². The van der Waals surface area contributed by atoms with E-state index in [0.29, 0.717) is 11.4 Å². The van der Waals surface area contributed by atoms with Gasteiger partial charge in [0.25, 0.3) is 11.8 Å². The molecule has 3 aromatic carbocycles. The normalized spacial score (nSPS) is 10.7. The summed E-state index contributed by atoms with van der Waals surface area (Å²) in [5, 5.41) is 21.3. The van der Waals surface area contributed by atoms with Crippen LogP contribution in [0.4, 0.5) is 11.4 Å². The molecular weight excluding hydrogens is 592 g/mol. The van der Waals surface area contributed by atoms with E-state index in [1.54, 1.807) is 38.1 Å². The van der Waals surface area contributed by atoms with Gasteiger partial charge in [0, 0.05) is 11.4 Å². The number of benzene rings is 3. The molecule has 0 saturated carbocycles. The molecule has 46 heavy (non-hydrogen) atoms. The van der Waals surface area contributed by atoms with Crippen molar-refractivity contribution < 1.29 is 28.7 Å². The zero-order chi connectivity index (χ0) is 32.5. The third-order valence-electron chi connectivity index (χ3n) is 6.59. The van der Waals surface area contributed by atoms with E-state index < -0.39 is 23.8 Å². The maximum atomic E-state index is 13.2. The third-order valence-corrected chi connectivity index (χ3v) is 6.59. The minimum Gasteiger partial charge on any atom is -0.461 e. The van der Waals surface area contributed by atoms with Crippen LogP contribution in [0.15, 0.2) is 84.9 Å². The predicted molar refractivity (Wildman–Crippen MR) is 165 cm³/mol. The van der Waals surface area contributed by atoms with Gasteiger partial charge in [0.05, 0.1) is 26.3 Å². The summed E-state index contributed by atoms with van der Waals surface area (Å²) in [6.07, 6.45) is 0. The Hall–Kier alpha value is -6.18. The fraction of sp³-hybridized carbons (Fsp3) is 0.188. The summed E-state index contributed by atoms with van der Waals surface area (Å²) in [6.45, 7) is 3.95. The Kier molecular flexibility index (Phi) is 9.87. The number of esters is 2. The molecule has 2 heterocycles. The Morgan fingerprint density at radius 2 is 0.957 bits per heavy atom. The van der Waals surface area contributed by atoms with Crippen LogP contribution in [0, 0.1) is 0 Å². The van der Waals surface area contributed by atoms with Crippen LogP contribution in [-0.4, -0.2) is 67.0 Å². The van der Waals surface area contributed by atoms with Gasteiger partial charge < -0.3 is 20.1 Å². The van der Waals surface area contributed by atoms with E-state index in [9.17, 15) is 19.2 Å². The number of hydrogen-bond acceptors (Lipinski definition) is 10. The Balaban J connectivity index is 1.30. The molecule has 5 aromatic rings. The summed E-state index contributed by atoms with van der Waals surface area (Å²) in [4.78, 5) is 51.9. The number of ether oxygens (including phenoxy) is 2. The molecule has 14 nitrogen and oxygen atoms in total. The highest BCUT2D eigenvalue weighted by Gasteiger charge is 2.28. The molecule has 0 aliphatic rings. The summed E-state index contributed by atoms with van der Waals surface area (Å²) >= 11 is 0. The zero-order valence-corrected chi connectivity index (χ0v) is 25.0. The maximum Gasteiger partial charge on any atom is 0.359 e. The summed E-state index contributed by atoms with van der Waals surface area (Å²) in [5.74, 6) is -2.80. The van der Waals surface area contributed by atoms with E-state index in [0.717, 1.165) is 11.1 Å². The van der Waals surface area contributed by atoms with E-state index >= 15 is 0 Å². The Bertz CT molecular complexity index is 1700. The molecule has 14 heteroatoms.